The van der Waals surface area contributed by atoms with Crippen molar-refractivity contribution in [2.45, 2.75) is 30.2 Å². The Balaban J connectivity index is 0.00000220. The fourth-order valence-electron chi connectivity index (χ4n) is 2.16. The van der Waals surface area contributed by atoms with Crippen LogP contribution in [0, 0.1) is 0 Å². The van der Waals surface area contributed by atoms with Gasteiger partial charge in [0, 0.05) is 5.69 Å². The van der Waals surface area contributed by atoms with Crippen molar-refractivity contribution in [3.8, 4) is 0 Å². The van der Waals surface area contributed by atoms with Gasteiger partial charge >= 0.3 is 0 Å². The second-order valence-electron chi connectivity index (χ2n) is 4.73. The quantitative estimate of drug-likeness (QED) is 0.770. The van der Waals surface area contributed by atoms with Crippen molar-refractivity contribution >= 4 is 34.0 Å². The number of carbonyl (C=O) groups excluding carboxylic acids is 1. The number of piperidine rings is 1. The summed E-state index contributed by atoms with van der Waals surface area (Å²) in [6, 6.07) is 6.02. The topological polar surface area (TPSA) is 87.3 Å². The zero-order valence-electron chi connectivity index (χ0n) is 11.8. The minimum absolute atomic E-state index is 0. The van der Waals surface area contributed by atoms with Gasteiger partial charge in [-0.2, -0.15) is 0 Å². The third-order valence-electron chi connectivity index (χ3n) is 3.31. The summed E-state index contributed by atoms with van der Waals surface area (Å²) in [6.45, 7) is 0.840. The van der Waals surface area contributed by atoms with Gasteiger partial charge in [-0.3, -0.25) is 4.79 Å². The molecule has 1 aromatic carbocycles. The molecule has 1 amide bonds. The maximum Gasteiger partial charge on any atom is 0.241 e. The van der Waals surface area contributed by atoms with Crippen LogP contribution < -0.4 is 15.4 Å². The van der Waals surface area contributed by atoms with Crippen molar-refractivity contribution in [2.75, 3.05) is 18.9 Å². The minimum Gasteiger partial charge on any atom is -0.325 e. The fourth-order valence-corrected chi connectivity index (χ4v) is 2.94. The second kappa shape index (κ2) is 7.74. The molecule has 3 N–H and O–H groups in total. The number of benzene rings is 1. The first kappa shape index (κ1) is 17.9. The van der Waals surface area contributed by atoms with Crippen LogP contribution in [-0.4, -0.2) is 34.0 Å². The summed E-state index contributed by atoms with van der Waals surface area (Å²) in [5.74, 6) is -0.122. The molecule has 8 heteroatoms. The second-order valence-corrected chi connectivity index (χ2v) is 6.61. The maximum atomic E-state index is 12.1. The number of halogens is 1. The Labute approximate surface area is 131 Å². The van der Waals surface area contributed by atoms with Gasteiger partial charge in [-0.15, -0.1) is 12.4 Å². The van der Waals surface area contributed by atoms with E-state index >= 15 is 0 Å². The zero-order chi connectivity index (χ0) is 14.6. The van der Waals surface area contributed by atoms with E-state index in [0.717, 1.165) is 25.8 Å². The molecule has 21 heavy (non-hydrogen) atoms. The summed E-state index contributed by atoms with van der Waals surface area (Å²) < 4.78 is 25.7. The molecule has 1 aliphatic heterocycles. The molecule has 0 spiro atoms. The highest BCUT2D eigenvalue weighted by Gasteiger charge is 2.21. The van der Waals surface area contributed by atoms with Crippen molar-refractivity contribution in [1.82, 2.24) is 10.0 Å². The molecule has 118 valence electrons. The lowest BCUT2D eigenvalue weighted by Gasteiger charge is -2.22. The average Bonchev–Trinajstić information content (AvgIpc) is 2.48. The molecule has 1 atom stereocenters. The molecule has 0 unspecified atom stereocenters. The van der Waals surface area contributed by atoms with Crippen molar-refractivity contribution < 1.29 is 13.2 Å². The van der Waals surface area contributed by atoms with Crippen LogP contribution in [0.2, 0.25) is 0 Å². The molecule has 1 heterocycles. The van der Waals surface area contributed by atoms with Gasteiger partial charge in [-0.1, -0.05) is 12.5 Å². The molecule has 1 saturated heterocycles. The number of sulfonamides is 1. The normalized spacial score (nSPS) is 18.6. The van der Waals surface area contributed by atoms with Crippen molar-refractivity contribution in [1.29, 1.82) is 0 Å². The van der Waals surface area contributed by atoms with Gasteiger partial charge in [0.1, 0.15) is 0 Å². The molecule has 0 aromatic heterocycles. The van der Waals surface area contributed by atoms with Gasteiger partial charge in [0.2, 0.25) is 15.9 Å². The molecule has 1 fully saturated rings. The van der Waals surface area contributed by atoms with E-state index < -0.39 is 10.0 Å². The van der Waals surface area contributed by atoms with Crippen molar-refractivity contribution in [2.24, 2.45) is 0 Å². The maximum absolute atomic E-state index is 12.1. The van der Waals surface area contributed by atoms with Crippen molar-refractivity contribution in [3.05, 3.63) is 24.3 Å². The lowest BCUT2D eigenvalue weighted by molar-refractivity contribution is -0.118. The molecule has 2 rings (SSSR count). The Morgan fingerprint density at radius 2 is 2.10 bits per heavy atom. The van der Waals surface area contributed by atoms with Gasteiger partial charge in [0.25, 0.3) is 0 Å². The molecule has 0 radical (unpaired) electrons. The van der Waals surface area contributed by atoms with Crippen LogP contribution in [0.1, 0.15) is 19.3 Å². The van der Waals surface area contributed by atoms with E-state index in [1.165, 1.54) is 19.2 Å². The van der Waals surface area contributed by atoms with Gasteiger partial charge in [0.15, 0.2) is 0 Å². The van der Waals surface area contributed by atoms with E-state index in [4.69, 9.17) is 0 Å². The number of nitrogens with one attached hydrogen (secondary N) is 3. The summed E-state index contributed by atoms with van der Waals surface area (Å²) in [5, 5.41) is 5.91. The van der Waals surface area contributed by atoms with E-state index in [1.807, 2.05) is 0 Å². The van der Waals surface area contributed by atoms with Gasteiger partial charge in [0.05, 0.1) is 10.9 Å². The first-order valence-corrected chi connectivity index (χ1v) is 8.09. The van der Waals surface area contributed by atoms with Crippen LogP contribution in [0.25, 0.3) is 0 Å². The van der Waals surface area contributed by atoms with E-state index in [9.17, 15) is 13.2 Å². The van der Waals surface area contributed by atoms with Crippen LogP contribution in [0.15, 0.2) is 29.2 Å². The molecular weight excluding hydrogens is 314 g/mol. The monoisotopic (exact) mass is 333 g/mol. The highest BCUT2D eigenvalue weighted by atomic mass is 35.5. The largest absolute Gasteiger partial charge is 0.325 e. The minimum atomic E-state index is -3.50. The number of anilines is 1. The van der Waals surface area contributed by atoms with E-state index in [0.29, 0.717) is 5.69 Å². The van der Waals surface area contributed by atoms with Crippen LogP contribution in [0.5, 0.6) is 0 Å². The smallest absolute Gasteiger partial charge is 0.241 e. The molecule has 0 saturated carbocycles. The third-order valence-corrected chi connectivity index (χ3v) is 4.72. The first-order valence-electron chi connectivity index (χ1n) is 6.61. The molecule has 1 aromatic rings. The number of hydrogen-bond donors (Lipinski definition) is 3. The predicted octanol–water partition coefficient (Wildman–Crippen LogP) is 1.10. The highest BCUT2D eigenvalue weighted by Crippen LogP contribution is 2.16. The Hall–Kier alpha value is -1.15. The van der Waals surface area contributed by atoms with Crippen LogP contribution in [-0.2, 0) is 14.8 Å². The van der Waals surface area contributed by atoms with E-state index in [1.54, 1.807) is 12.1 Å². The highest BCUT2D eigenvalue weighted by molar-refractivity contribution is 7.89. The van der Waals surface area contributed by atoms with E-state index in [-0.39, 0.29) is 29.3 Å². The van der Waals surface area contributed by atoms with Gasteiger partial charge in [-0.05, 0) is 44.6 Å². The Kier molecular flexibility index (Phi) is 6.60. The lowest BCUT2D eigenvalue weighted by atomic mass is 10.0. The molecule has 1 aliphatic rings. The summed E-state index contributed by atoms with van der Waals surface area (Å²) in [6.07, 6.45) is 2.92. The zero-order valence-corrected chi connectivity index (χ0v) is 13.4. The predicted molar refractivity (Wildman–Crippen MR) is 84.2 cm³/mol. The molecule has 6 nitrogen and oxygen atoms in total. The lowest BCUT2D eigenvalue weighted by Crippen LogP contribution is -2.43. The Morgan fingerprint density at radius 3 is 2.71 bits per heavy atom. The van der Waals surface area contributed by atoms with Crippen LogP contribution in [0.3, 0.4) is 0 Å². The standard InChI is InChI=1S/C13H19N3O3S.ClH/c1-14-20(18,19)11-6-4-5-10(9-11)16-13(17)12-7-2-3-8-15-12;/h4-6,9,12,14-15H,2-3,7-8H2,1H3,(H,16,17);1H/t12-;/m0./s1. The first-order chi connectivity index (χ1) is 9.53. The average molecular weight is 334 g/mol. The third kappa shape index (κ3) is 4.67. The summed E-state index contributed by atoms with van der Waals surface area (Å²) >= 11 is 0. The molecule has 0 bridgehead atoms. The summed E-state index contributed by atoms with van der Waals surface area (Å²) in [7, 11) is -2.14. The summed E-state index contributed by atoms with van der Waals surface area (Å²) in [5.41, 5.74) is 0.485. The Morgan fingerprint density at radius 1 is 1.33 bits per heavy atom. The summed E-state index contributed by atoms with van der Waals surface area (Å²) in [4.78, 5) is 12.2. The molecular formula is C13H20ClN3O3S. The van der Waals surface area contributed by atoms with Gasteiger partial charge in [-0.25, -0.2) is 13.1 Å². The van der Waals surface area contributed by atoms with Gasteiger partial charge < -0.3 is 10.6 Å². The number of amides is 1. The Bertz CT molecular complexity index is 586. The molecule has 0 aliphatic carbocycles. The number of hydrogen-bond acceptors (Lipinski definition) is 4. The van der Waals surface area contributed by atoms with E-state index in [2.05, 4.69) is 15.4 Å². The number of rotatable bonds is 4. The fraction of sp³-hybridized carbons (Fsp3) is 0.462. The number of carbonyl (C=O) groups is 1. The van der Waals surface area contributed by atoms with Crippen molar-refractivity contribution in [3.63, 3.8) is 0 Å². The SMILES string of the molecule is CNS(=O)(=O)c1cccc(NC(=O)[C@@H]2CCCCN2)c1.Cl. The van der Waals surface area contributed by atoms with Crippen LogP contribution in [0.4, 0.5) is 5.69 Å². The van der Waals surface area contributed by atoms with Crippen LogP contribution >= 0.6 is 12.4 Å².